The molecule has 0 aliphatic carbocycles. The van der Waals surface area contributed by atoms with Crippen LogP contribution in [0.25, 0.3) is 0 Å². The molecule has 0 aromatic heterocycles. The van der Waals surface area contributed by atoms with E-state index in [9.17, 15) is 9.59 Å². The highest BCUT2D eigenvalue weighted by Crippen LogP contribution is 2.31. The third-order valence-corrected chi connectivity index (χ3v) is 6.85. The van der Waals surface area contributed by atoms with Crippen molar-refractivity contribution in [3.05, 3.63) is 94.0 Å². The van der Waals surface area contributed by atoms with Gasteiger partial charge in [0.1, 0.15) is 19.3 Å². The number of rotatable bonds is 11. The van der Waals surface area contributed by atoms with Crippen LogP contribution in [0.5, 0.6) is 11.5 Å². The smallest absolute Gasteiger partial charge is 0.243 e. The van der Waals surface area contributed by atoms with Gasteiger partial charge in [-0.2, -0.15) is 0 Å². The molecule has 0 radical (unpaired) electrons. The Labute approximate surface area is 227 Å². The Kier molecular flexibility index (Phi) is 9.60. The highest BCUT2D eigenvalue weighted by atomic mass is 79.9. The lowest BCUT2D eigenvalue weighted by Crippen LogP contribution is -2.50. The Morgan fingerprint density at radius 1 is 0.919 bits per heavy atom. The maximum absolute atomic E-state index is 13.8. The van der Waals surface area contributed by atoms with Gasteiger partial charge in [0.05, 0.1) is 0 Å². The molecule has 194 valence electrons. The van der Waals surface area contributed by atoms with Crippen molar-refractivity contribution in [2.75, 3.05) is 19.8 Å². The van der Waals surface area contributed by atoms with Crippen molar-refractivity contribution in [2.24, 2.45) is 0 Å². The fraction of sp³-hybridized carbons (Fsp3) is 0.333. The molecule has 0 bridgehead atoms. The van der Waals surface area contributed by atoms with Crippen LogP contribution in [0.15, 0.2) is 77.3 Å². The standard InChI is InChI=1S/C30H33BrN2O4/c1-2-16-32-30(35)26(19-22-6-4-3-5-7-22)33(21-24-8-12-25(31)13-9-24)29(34)15-11-23-10-14-27-28(20-23)37-18-17-36-27/h3-10,12-14,20,26H,2,11,15-19,21H2,1H3,(H,32,35). The predicted octanol–water partition coefficient (Wildman–Crippen LogP) is 5.32. The van der Waals surface area contributed by atoms with E-state index in [0.29, 0.717) is 44.9 Å². The maximum atomic E-state index is 13.8. The molecule has 2 amide bonds. The number of nitrogens with zero attached hydrogens (tertiary/aromatic N) is 1. The van der Waals surface area contributed by atoms with Gasteiger partial charge >= 0.3 is 0 Å². The summed E-state index contributed by atoms with van der Waals surface area (Å²) in [5.41, 5.74) is 2.98. The Morgan fingerprint density at radius 2 is 1.62 bits per heavy atom. The number of nitrogens with one attached hydrogen (secondary N) is 1. The van der Waals surface area contributed by atoms with Gasteiger partial charge < -0.3 is 19.7 Å². The van der Waals surface area contributed by atoms with Crippen LogP contribution in [-0.4, -0.2) is 42.5 Å². The number of aryl methyl sites for hydroxylation is 1. The number of carbonyl (C=O) groups excluding carboxylic acids is 2. The normalized spacial score (nSPS) is 13.0. The first-order chi connectivity index (χ1) is 18.0. The lowest BCUT2D eigenvalue weighted by Gasteiger charge is -2.31. The molecule has 1 heterocycles. The fourth-order valence-electron chi connectivity index (χ4n) is 4.34. The fourth-order valence-corrected chi connectivity index (χ4v) is 4.61. The Hall–Kier alpha value is -3.32. The lowest BCUT2D eigenvalue weighted by molar-refractivity contribution is -0.141. The van der Waals surface area contributed by atoms with E-state index < -0.39 is 6.04 Å². The number of fused-ring (bicyclic) bond motifs is 1. The van der Waals surface area contributed by atoms with Crippen LogP contribution >= 0.6 is 15.9 Å². The molecule has 4 rings (SSSR count). The molecule has 1 atom stereocenters. The van der Waals surface area contributed by atoms with Gasteiger partial charge in [-0.3, -0.25) is 9.59 Å². The molecule has 0 saturated heterocycles. The number of halogens is 1. The van der Waals surface area contributed by atoms with Crippen molar-refractivity contribution >= 4 is 27.7 Å². The molecule has 0 saturated carbocycles. The van der Waals surface area contributed by atoms with Crippen molar-refractivity contribution in [2.45, 2.75) is 45.2 Å². The second kappa shape index (κ2) is 13.3. The zero-order valence-corrected chi connectivity index (χ0v) is 22.7. The van der Waals surface area contributed by atoms with Gasteiger partial charge in [0, 0.05) is 30.4 Å². The van der Waals surface area contributed by atoms with E-state index in [0.717, 1.165) is 33.3 Å². The molecule has 1 aliphatic rings. The molecule has 1 N–H and O–H groups in total. The number of amides is 2. The average Bonchev–Trinajstić information content (AvgIpc) is 2.93. The summed E-state index contributed by atoms with van der Waals surface area (Å²) in [6, 6.07) is 22.9. The first kappa shape index (κ1) is 26.7. The van der Waals surface area contributed by atoms with Crippen LogP contribution in [0.1, 0.15) is 36.5 Å². The van der Waals surface area contributed by atoms with Gasteiger partial charge in [-0.1, -0.05) is 71.4 Å². The van der Waals surface area contributed by atoms with Gasteiger partial charge in [-0.15, -0.1) is 0 Å². The van der Waals surface area contributed by atoms with Crippen molar-refractivity contribution in [1.29, 1.82) is 0 Å². The van der Waals surface area contributed by atoms with Crippen molar-refractivity contribution in [3.63, 3.8) is 0 Å². The summed E-state index contributed by atoms with van der Waals surface area (Å²) >= 11 is 3.48. The van der Waals surface area contributed by atoms with Crippen LogP contribution in [0.2, 0.25) is 0 Å². The molecule has 0 spiro atoms. The van der Waals surface area contributed by atoms with Gasteiger partial charge in [0.15, 0.2) is 11.5 Å². The second-order valence-electron chi connectivity index (χ2n) is 9.12. The van der Waals surface area contributed by atoms with Gasteiger partial charge in [0.25, 0.3) is 0 Å². The molecule has 7 heteroatoms. The molecule has 0 fully saturated rings. The number of ether oxygens (including phenoxy) is 2. The number of carbonyl (C=O) groups is 2. The number of hydrogen-bond acceptors (Lipinski definition) is 4. The molecule has 3 aromatic rings. The van der Waals surface area contributed by atoms with Crippen LogP contribution in [0, 0.1) is 0 Å². The average molecular weight is 566 g/mol. The van der Waals surface area contributed by atoms with Crippen LogP contribution in [0.3, 0.4) is 0 Å². The van der Waals surface area contributed by atoms with E-state index in [4.69, 9.17) is 9.47 Å². The van der Waals surface area contributed by atoms with Crippen LogP contribution in [0.4, 0.5) is 0 Å². The minimum absolute atomic E-state index is 0.0645. The summed E-state index contributed by atoms with van der Waals surface area (Å²) in [4.78, 5) is 28.9. The molecule has 37 heavy (non-hydrogen) atoms. The van der Waals surface area contributed by atoms with E-state index in [-0.39, 0.29) is 18.2 Å². The van der Waals surface area contributed by atoms with Gasteiger partial charge in [0.2, 0.25) is 11.8 Å². The highest BCUT2D eigenvalue weighted by Gasteiger charge is 2.30. The topological polar surface area (TPSA) is 67.9 Å². The Bertz CT molecular complexity index is 1180. The summed E-state index contributed by atoms with van der Waals surface area (Å²) in [6.07, 6.45) is 2.10. The van der Waals surface area contributed by atoms with Crippen LogP contribution < -0.4 is 14.8 Å². The van der Waals surface area contributed by atoms with Crippen molar-refractivity contribution < 1.29 is 19.1 Å². The Balaban J connectivity index is 1.57. The van der Waals surface area contributed by atoms with E-state index in [2.05, 4.69) is 21.2 Å². The highest BCUT2D eigenvalue weighted by molar-refractivity contribution is 9.10. The van der Waals surface area contributed by atoms with E-state index in [1.807, 2.05) is 79.7 Å². The zero-order valence-electron chi connectivity index (χ0n) is 21.1. The first-order valence-electron chi connectivity index (χ1n) is 12.8. The summed E-state index contributed by atoms with van der Waals surface area (Å²) < 4.78 is 12.3. The summed E-state index contributed by atoms with van der Waals surface area (Å²) in [5, 5.41) is 3.02. The predicted molar refractivity (Wildman–Crippen MR) is 148 cm³/mol. The van der Waals surface area contributed by atoms with Gasteiger partial charge in [-0.25, -0.2) is 0 Å². The minimum atomic E-state index is -0.620. The van der Waals surface area contributed by atoms with E-state index in [1.54, 1.807) is 4.90 Å². The lowest BCUT2D eigenvalue weighted by atomic mass is 10.0. The Morgan fingerprint density at radius 3 is 2.35 bits per heavy atom. The van der Waals surface area contributed by atoms with Crippen LogP contribution in [-0.2, 0) is 29.0 Å². The molecule has 6 nitrogen and oxygen atoms in total. The molecular weight excluding hydrogens is 532 g/mol. The SMILES string of the molecule is CCCNC(=O)C(Cc1ccccc1)N(Cc1ccc(Br)cc1)C(=O)CCc1ccc2c(c1)OCCO2. The molecule has 3 aromatic carbocycles. The third-order valence-electron chi connectivity index (χ3n) is 6.32. The third kappa shape index (κ3) is 7.59. The zero-order chi connectivity index (χ0) is 26.0. The minimum Gasteiger partial charge on any atom is -0.486 e. The molecular formula is C30H33BrN2O4. The van der Waals surface area contributed by atoms with Crippen molar-refractivity contribution in [1.82, 2.24) is 10.2 Å². The van der Waals surface area contributed by atoms with Crippen molar-refractivity contribution in [3.8, 4) is 11.5 Å². The number of hydrogen-bond donors (Lipinski definition) is 1. The second-order valence-corrected chi connectivity index (χ2v) is 10.0. The summed E-state index contributed by atoms with van der Waals surface area (Å²) in [7, 11) is 0. The molecule has 1 aliphatic heterocycles. The largest absolute Gasteiger partial charge is 0.486 e. The van der Waals surface area contributed by atoms with E-state index in [1.165, 1.54) is 0 Å². The van der Waals surface area contributed by atoms with Gasteiger partial charge in [-0.05, 0) is 53.8 Å². The number of benzene rings is 3. The van der Waals surface area contributed by atoms with E-state index >= 15 is 0 Å². The monoisotopic (exact) mass is 564 g/mol. The summed E-state index contributed by atoms with van der Waals surface area (Å²) in [5.74, 6) is 1.25. The maximum Gasteiger partial charge on any atom is 0.243 e. The molecule has 1 unspecified atom stereocenters. The summed E-state index contributed by atoms with van der Waals surface area (Å²) in [6.45, 7) is 4.00. The first-order valence-corrected chi connectivity index (χ1v) is 13.6. The quantitative estimate of drug-likeness (QED) is 0.342.